The first kappa shape index (κ1) is 16.5. The molecule has 0 atom stereocenters. The number of hydrogen-bond donors (Lipinski definition) is 2. The van der Waals surface area contributed by atoms with E-state index in [2.05, 4.69) is 20.7 Å². The van der Waals surface area contributed by atoms with Gasteiger partial charge in [0.15, 0.2) is 0 Å². The molecule has 1 aromatic carbocycles. The number of aromatic nitrogens is 3. The van der Waals surface area contributed by atoms with Crippen molar-refractivity contribution in [3.05, 3.63) is 72.2 Å². The minimum absolute atomic E-state index is 0.291. The lowest BCUT2D eigenvalue weighted by Gasteiger charge is -2.12. The number of rotatable bonds is 6. The molecule has 128 valence electrons. The van der Waals surface area contributed by atoms with E-state index in [0.717, 1.165) is 11.1 Å². The van der Waals surface area contributed by atoms with Crippen LogP contribution >= 0.6 is 0 Å². The summed E-state index contributed by atoms with van der Waals surface area (Å²) in [6, 6.07) is 13.0. The van der Waals surface area contributed by atoms with Gasteiger partial charge in [-0.1, -0.05) is 24.3 Å². The standard InChI is InChI=1S/C18H19N5O2/c1-25-17-8-7-16(12-19-17)22-18(24)20-11-14-5-2-3-6-15(14)13-23-10-4-9-21-23/h2-10,12H,11,13H2,1H3,(H2,20,22,24). The first-order valence-corrected chi connectivity index (χ1v) is 7.83. The number of hydrogen-bond acceptors (Lipinski definition) is 4. The van der Waals surface area contributed by atoms with Crippen molar-refractivity contribution >= 4 is 11.7 Å². The van der Waals surface area contributed by atoms with Gasteiger partial charge in [-0.2, -0.15) is 5.10 Å². The molecule has 0 aliphatic rings. The van der Waals surface area contributed by atoms with Crippen molar-refractivity contribution in [1.29, 1.82) is 0 Å². The van der Waals surface area contributed by atoms with Crippen LogP contribution in [-0.4, -0.2) is 27.9 Å². The van der Waals surface area contributed by atoms with Crippen molar-refractivity contribution in [1.82, 2.24) is 20.1 Å². The van der Waals surface area contributed by atoms with E-state index in [1.54, 1.807) is 31.6 Å². The summed E-state index contributed by atoms with van der Waals surface area (Å²) in [7, 11) is 1.54. The largest absolute Gasteiger partial charge is 0.481 e. The minimum Gasteiger partial charge on any atom is -0.481 e. The highest BCUT2D eigenvalue weighted by Crippen LogP contribution is 2.12. The van der Waals surface area contributed by atoms with Crippen LogP contribution in [0.15, 0.2) is 61.1 Å². The zero-order valence-corrected chi connectivity index (χ0v) is 13.8. The van der Waals surface area contributed by atoms with Crippen molar-refractivity contribution < 1.29 is 9.53 Å². The van der Waals surface area contributed by atoms with Gasteiger partial charge in [0.1, 0.15) is 0 Å². The summed E-state index contributed by atoms with van der Waals surface area (Å²) >= 11 is 0. The van der Waals surface area contributed by atoms with Gasteiger partial charge in [0.05, 0.1) is 25.5 Å². The molecule has 0 aliphatic heterocycles. The average molecular weight is 337 g/mol. The number of carbonyl (C=O) groups excluding carboxylic acids is 1. The highest BCUT2D eigenvalue weighted by molar-refractivity contribution is 5.89. The maximum Gasteiger partial charge on any atom is 0.319 e. The number of ether oxygens (including phenoxy) is 1. The van der Waals surface area contributed by atoms with E-state index in [-0.39, 0.29) is 6.03 Å². The van der Waals surface area contributed by atoms with Gasteiger partial charge in [-0.05, 0) is 23.3 Å². The third-order valence-corrected chi connectivity index (χ3v) is 3.65. The molecular weight excluding hydrogens is 318 g/mol. The van der Waals surface area contributed by atoms with Crippen LogP contribution < -0.4 is 15.4 Å². The molecule has 0 fully saturated rings. The second kappa shape index (κ2) is 7.96. The Morgan fingerprint density at radius 3 is 2.68 bits per heavy atom. The summed E-state index contributed by atoms with van der Waals surface area (Å²) in [5.74, 6) is 0.499. The summed E-state index contributed by atoms with van der Waals surface area (Å²) in [6.07, 6.45) is 5.20. The Hall–Kier alpha value is -3.35. The molecule has 2 heterocycles. The molecular formula is C18H19N5O2. The number of methoxy groups -OCH3 is 1. The molecule has 0 bridgehead atoms. The van der Waals surface area contributed by atoms with Crippen LogP contribution in [0.4, 0.5) is 10.5 Å². The number of anilines is 1. The Bertz CT molecular complexity index is 816. The quantitative estimate of drug-likeness (QED) is 0.724. The van der Waals surface area contributed by atoms with Gasteiger partial charge >= 0.3 is 6.03 Å². The fourth-order valence-corrected chi connectivity index (χ4v) is 2.38. The minimum atomic E-state index is -0.291. The molecule has 7 heteroatoms. The summed E-state index contributed by atoms with van der Waals surface area (Å²) < 4.78 is 6.84. The Labute approximate surface area is 145 Å². The zero-order valence-electron chi connectivity index (χ0n) is 13.8. The monoisotopic (exact) mass is 337 g/mol. The predicted molar refractivity (Wildman–Crippen MR) is 94.4 cm³/mol. The van der Waals surface area contributed by atoms with Gasteiger partial charge in [0.25, 0.3) is 0 Å². The van der Waals surface area contributed by atoms with E-state index < -0.39 is 0 Å². The number of nitrogens with zero attached hydrogens (tertiary/aromatic N) is 3. The Morgan fingerprint density at radius 1 is 1.16 bits per heavy atom. The lowest BCUT2D eigenvalue weighted by atomic mass is 10.1. The summed E-state index contributed by atoms with van der Waals surface area (Å²) in [5.41, 5.74) is 2.75. The van der Waals surface area contributed by atoms with Crippen molar-refractivity contribution in [3.63, 3.8) is 0 Å². The van der Waals surface area contributed by atoms with Crippen molar-refractivity contribution in [3.8, 4) is 5.88 Å². The zero-order chi connectivity index (χ0) is 17.5. The molecule has 0 unspecified atom stereocenters. The van der Waals surface area contributed by atoms with Gasteiger partial charge in [-0.25, -0.2) is 9.78 Å². The predicted octanol–water partition coefficient (Wildman–Crippen LogP) is 2.66. The lowest BCUT2D eigenvalue weighted by Crippen LogP contribution is -2.28. The Kier molecular flexibility index (Phi) is 5.26. The van der Waals surface area contributed by atoms with Crippen LogP contribution in [0.5, 0.6) is 5.88 Å². The van der Waals surface area contributed by atoms with Crippen molar-refractivity contribution in [2.24, 2.45) is 0 Å². The van der Waals surface area contributed by atoms with Gasteiger partial charge in [-0.3, -0.25) is 4.68 Å². The van der Waals surface area contributed by atoms with Crippen molar-refractivity contribution in [2.75, 3.05) is 12.4 Å². The second-order valence-electron chi connectivity index (χ2n) is 5.37. The van der Waals surface area contributed by atoms with Crippen LogP contribution in [0.1, 0.15) is 11.1 Å². The van der Waals surface area contributed by atoms with Gasteiger partial charge in [0, 0.05) is 25.0 Å². The number of pyridine rings is 1. The van der Waals surface area contributed by atoms with Crippen LogP contribution in [0.2, 0.25) is 0 Å². The Balaban J connectivity index is 1.58. The smallest absolute Gasteiger partial charge is 0.319 e. The first-order chi connectivity index (χ1) is 12.2. The third kappa shape index (κ3) is 4.57. The number of nitrogens with one attached hydrogen (secondary N) is 2. The average Bonchev–Trinajstić information content (AvgIpc) is 3.15. The molecule has 3 aromatic rings. The highest BCUT2D eigenvalue weighted by atomic mass is 16.5. The summed E-state index contributed by atoms with van der Waals surface area (Å²) in [4.78, 5) is 16.1. The number of amides is 2. The van der Waals surface area contributed by atoms with Gasteiger partial charge in [0.2, 0.25) is 5.88 Å². The van der Waals surface area contributed by atoms with Gasteiger partial charge in [-0.15, -0.1) is 0 Å². The number of carbonyl (C=O) groups is 1. The van der Waals surface area contributed by atoms with Gasteiger partial charge < -0.3 is 15.4 Å². The molecule has 0 saturated heterocycles. The highest BCUT2D eigenvalue weighted by Gasteiger charge is 2.06. The van der Waals surface area contributed by atoms with E-state index in [9.17, 15) is 4.79 Å². The molecule has 2 N–H and O–H groups in total. The fourth-order valence-electron chi connectivity index (χ4n) is 2.38. The SMILES string of the molecule is COc1ccc(NC(=O)NCc2ccccc2Cn2cccn2)cn1. The topological polar surface area (TPSA) is 81.1 Å². The molecule has 25 heavy (non-hydrogen) atoms. The molecule has 0 aliphatic carbocycles. The number of benzene rings is 1. The van der Waals surface area contributed by atoms with Crippen LogP contribution in [-0.2, 0) is 13.1 Å². The van der Waals surface area contributed by atoms with E-state index >= 15 is 0 Å². The molecule has 3 rings (SSSR count). The van der Waals surface area contributed by atoms with E-state index in [1.807, 2.05) is 41.2 Å². The Morgan fingerprint density at radius 2 is 2.00 bits per heavy atom. The maximum atomic E-state index is 12.1. The molecule has 0 saturated carbocycles. The number of urea groups is 1. The molecule has 7 nitrogen and oxygen atoms in total. The van der Waals surface area contributed by atoms with Crippen LogP contribution in [0, 0.1) is 0 Å². The fraction of sp³-hybridized carbons (Fsp3) is 0.167. The third-order valence-electron chi connectivity index (χ3n) is 3.65. The molecule has 2 aromatic heterocycles. The summed E-state index contributed by atoms with van der Waals surface area (Å²) in [6.45, 7) is 1.09. The maximum absolute atomic E-state index is 12.1. The second-order valence-corrected chi connectivity index (χ2v) is 5.37. The van der Waals surface area contributed by atoms with Crippen molar-refractivity contribution in [2.45, 2.75) is 13.1 Å². The first-order valence-electron chi connectivity index (χ1n) is 7.83. The summed E-state index contributed by atoms with van der Waals surface area (Å²) in [5, 5.41) is 9.82. The van der Waals surface area contributed by atoms with E-state index in [1.165, 1.54) is 0 Å². The van der Waals surface area contributed by atoms with E-state index in [4.69, 9.17) is 4.74 Å². The molecule has 0 radical (unpaired) electrons. The molecule has 0 spiro atoms. The normalized spacial score (nSPS) is 10.3. The van der Waals surface area contributed by atoms with Crippen LogP contribution in [0.25, 0.3) is 0 Å². The van der Waals surface area contributed by atoms with E-state index in [0.29, 0.717) is 24.7 Å². The molecule has 2 amide bonds. The van der Waals surface area contributed by atoms with Crippen LogP contribution in [0.3, 0.4) is 0 Å². The lowest BCUT2D eigenvalue weighted by molar-refractivity contribution is 0.251.